The molecule has 0 radical (unpaired) electrons. The van der Waals surface area contributed by atoms with Crippen LogP contribution in [0.25, 0.3) is 11.3 Å². The fourth-order valence-corrected chi connectivity index (χ4v) is 3.30. The van der Waals surface area contributed by atoms with E-state index in [1.807, 2.05) is 6.92 Å². The minimum absolute atomic E-state index is 0.0109. The Balaban J connectivity index is 1.75. The van der Waals surface area contributed by atoms with Gasteiger partial charge in [0.05, 0.1) is 11.1 Å². The minimum Gasteiger partial charge on any atom is -0.508 e. The van der Waals surface area contributed by atoms with E-state index < -0.39 is 5.97 Å². The van der Waals surface area contributed by atoms with Gasteiger partial charge < -0.3 is 19.3 Å². The molecule has 0 amide bonds. The van der Waals surface area contributed by atoms with Crippen LogP contribution in [0.15, 0.2) is 41.2 Å². The molecule has 2 aromatic heterocycles. The van der Waals surface area contributed by atoms with E-state index in [4.69, 9.17) is 4.52 Å². The zero-order valence-corrected chi connectivity index (χ0v) is 16.7. The van der Waals surface area contributed by atoms with Gasteiger partial charge in [-0.1, -0.05) is 5.16 Å². The van der Waals surface area contributed by atoms with Gasteiger partial charge >= 0.3 is 5.97 Å². The number of ketones is 2. The first kappa shape index (κ1) is 21.0. The van der Waals surface area contributed by atoms with Crippen LogP contribution in [0.3, 0.4) is 0 Å². The van der Waals surface area contributed by atoms with Crippen molar-refractivity contribution in [3.63, 3.8) is 0 Å². The van der Waals surface area contributed by atoms with Gasteiger partial charge in [-0.15, -0.1) is 0 Å². The Kier molecular flexibility index (Phi) is 6.15. The third kappa shape index (κ3) is 4.48. The third-order valence-corrected chi connectivity index (χ3v) is 4.83. The second kappa shape index (κ2) is 8.77. The van der Waals surface area contributed by atoms with Crippen molar-refractivity contribution in [1.82, 2.24) is 9.72 Å². The van der Waals surface area contributed by atoms with E-state index >= 15 is 0 Å². The number of phenolic OH excluding ortho intramolecular Hbond substituents is 1. The van der Waals surface area contributed by atoms with Crippen LogP contribution in [0.4, 0.5) is 0 Å². The lowest BCUT2D eigenvalue weighted by atomic mass is 9.99. The van der Waals surface area contributed by atoms with Crippen molar-refractivity contribution in [1.29, 1.82) is 0 Å². The quantitative estimate of drug-likeness (QED) is 0.518. The molecule has 3 rings (SSSR count). The van der Waals surface area contributed by atoms with Gasteiger partial charge in [0, 0.05) is 43.8 Å². The average Bonchev–Trinajstić information content (AvgIpc) is 3.31. The Morgan fingerprint density at radius 1 is 1.13 bits per heavy atom. The molecule has 2 heterocycles. The number of benzene rings is 1. The fraction of sp³-hybridized carbons (Fsp3) is 0.273. The SMILES string of the molecule is CCn1cc(CC(=O)CCc2onc(-c3ccc(O)cc3)c2C(C)=O)c(C(=O)O)c1. The van der Waals surface area contributed by atoms with E-state index in [1.165, 1.54) is 25.3 Å². The molecule has 0 spiro atoms. The molecule has 0 unspecified atom stereocenters. The zero-order chi connectivity index (χ0) is 21.8. The molecule has 8 heteroatoms. The summed E-state index contributed by atoms with van der Waals surface area (Å²) in [5, 5.41) is 22.7. The van der Waals surface area contributed by atoms with E-state index in [0.717, 1.165) is 0 Å². The summed E-state index contributed by atoms with van der Waals surface area (Å²) in [7, 11) is 0. The summed E-state index contributed by atoms with van der Waals surface area (Å²) in [5.74, 6) is -1.07. The van der Waals surface area contributed by atoms with Crippen LogP contribution in [-0.2, 0) is 24.2 Å². The van der Waals surface area contributed by atoms with Crippen LogP contribution >= 0.6 is 0 Å². The number of aryl methyl sites for hydroxylation is 2. The Hall–Kier alpha value is -3.68. The highest BCUT2D eigenvalue weighted by Gasteiger charge is 2.22. The number of rotatable bonds is 9. The van der Waals surface area contributed by atoms with Gasteiger partial charge in [0.1, 0.15) is 23.0 Å². The van der Waals surface area contributed by atoms with Gasteiger partial charge in [-0.2, -0.15) is 0 Å². The van der Waals surface area contributed by atoms with Crippen molar-refractivity contribution >= 4 is 17.5 Å². The number of carboxylic acids is 1. The zero-order valence-electron chi connectivity index (χ0n) is 16.7. The maximum absolute atomic E-state index is 12.5. The molecule has 0 fully saturated rings. The number of Topliss-reactive ketones (excluding diaryl/α,β-unsaturated/α-hetero) is 2. The average molecular weight is 410 g/mol. The summed E-state index contributed by atoms with van der Waals surface area (Å²) in [6.45, 7) is 3.89. The number of hydrogen-bond donors (Lipinski definition) is 2. The topological polar surface area (TPSA) is 123 Å². The molecule has 0 aliphatic rings. The number of aromatic carboxylic acids is 1. The van der Waals surface area contributed by atoms with Crippen LogP contribution in [0.1, 0.15) is 52.3 Å². The fourth-order valence-electron chi connectivity index (χ4n) is 3.30. The first-order valence-electron chi connectivity index (χ1n) is 9.52. The normalized spacial score (nSPS) is 10.9. The summed E-state index contributed by atoms with van der Waals surface area (Å²) in [6, 6.07) is 6.22. The maximum atomic E-state index is 12.5. The van der Waals surface area contributed by atoms with E-state index in [0.29, 0.717) is 34.7 Å². The number of aromatic hydroxyl groups is 1. The predicted octanol–water partition coefficient (Wildman–Crippen LogP) is 3.51. The molecule has 0 atom stereocenters. The molecule has 0 aliphatic heterocycles. The standard InChI is InChI=1S/C22H22N2O6/c1-3-24-11-15(18(12-24)22(28)29)10-17(27)8-9-19-20(13(2)25)21(23-30-19)14-4-6-16(26)7-5-14/h4-7,11-12,26H,3,8-10H2,1-2H3,(H,28,29). The molecular weight excluding hydrogens is 388 g/mol. The van der Waals surface area contributed by atoms with Gasteiger partial charge in [0.25, 0.3) is 0 Å². The molecule has 156 valence electrons. The number of carboxylic acid groups (broad SMARTS) is 1. The summed E-state index contributed by atoms with van der Waals surface area (Å²) in [6.07, 6.45) is 3.43. The summed E-state index contributed by atoms with van der Waals surface area (Å²) in [5.41, 5.74) is 1.86. The lowest BCUT2D eigenvalue weighted by molar-refractivity contribution is -0.118. The molecule has 3 aromatic rings. The van der Waals surface area contributed by atoms with Gasteiger partial charge in [0.15, 0.2) is 5.78 Å². The molecule has 2 N–H and O–H groups in total. The van der Waals surface area contributed by atoms with Crippen LogP contribution in [-0.4, -0.2) is 37.5 Å². The Labute approximate surface area is 172 Å². The minimum atomic E-state index is -1.07. The summed E-state index contributed by atoms with van der Waals surface area (Å²) in [4.78, 5) is 36.0. The number of nitrogens with zero attached hydrogens (tertiary/aromatic N) is 2. The van der Waals surface area contributed by atoms with Crippen LogP contribution in [0.5, 0.6) is 5.75 Å². The van der Waals surface area contributed by atoms with Gasteiger partial charge in [-0.25, -0.2) is 4.79 Å². The Morgan fingerprint density at radius 2 is 1.83 bits per heavy atom. The van der Waals surface area contributed by atoms with E-state index in [-0.39, 0.29) is 42.1 Å². The van der Waals surface area contributed by atoms with E-state index in [9.17, 15) is 24.6 Å². The molecule has 0 saturated heterocycles. The molecule has 8 nitrogen and oxygen atoms in total. The summed E-state index contributed by atoms with van der Waals surface area (Å²) >= 11 is 0. The maximum Gasteiger partial charge on any atom is 0.337 e. The monoisotopic (exact) mass is 410 g/mol. The molecule has 1 aromatic carbocycles. The van der Waals surface area contributed by atoms with Crippen molar-refractivity contribution in [2.45, 2.75) is 39.7 Å². The third-order valence-electron chi connectivity index (χ3n) is 4.83. The molecular formula is C22H22N2O6. The second-order valence-electron chi connectivity index (χ2n) is 6.98. The van der Waals surface area contributed by atoms with Crippen LogP contribution in [0, 0.1) is 0 Å². The molecule has 0 aliphatic carbocycles. The highest BCUT2D eigenvalue weighted by molar-refractivity contribution is 6.01. The first-order valence-corrected chi connectivity index (χ1v) is 9.52. The number of carbonyl (C=O) groups excluding carboxylic acids is 2. The molecule has 0 bridgehead atoms. The van der Waals surface area contributed by atoms with Crippen LogP contribution < -0.4 is 0 Å². The van der Waals surface area contributed by atoms with Crippen molar-refractivity contribution < 1.29 is 29.1 Å². The molecule has 30 heavy (non-hydrogen) atoms. The van der Waals surface area contributed by atoms with E-state index in [2.05, 4.69) is 5.16 Å². The van der Waals surface area contributed by atoms with Gasteiger partial charge in [-0.3, -0.25) is 9.59 Å². The second-order valence-corrected chi connectivity index (χ2v) is 6.98. The van der Waals surface area contributed by atoms with Crippen LogP contribution in [0.2, 0.25) is 0 Å². The predicted molar refractivity (Wildman–Crippen MR) is 108 cm³/mol. The van der Waals surface area contributed by atoms with Crippen molar-refractivity contribution in [2.75, 3.05) is 0 Å². The van der Waals surface area contributed by atoms with Gasteiger partial charge in [-0.05, 0) is 43.7 Å². The summed E-state index contributed by atoms with van der Waals surface area (Å²) < 4.78 is 7.06. The number of hydrogen-bond acceptors (Lipinski definition) is 6. The van der Waals surface area contributed by atoms with Crippen molar-refractivity contribution in [2.24, 2.45) is 0 Å². The first-order chi connectivity index (χ1) is 14.3. The highest BCUT2D eigenvalue weighted by Crippen LogP contribution is 2.28. The highest BCUT2D eigenvalue weighted by atomic mass is 16.5. The largest absolute Gasteiger partial charge is 0.508 e. The number of phenols is 1. The van der Waals surface area contributed by atoms with Crippen molar-refractivity contribution in [3.05, 3.63) is 59.1 Å². The smallest absolute Gasteiger partial charge is 0.337 e. The Morgan fingerprint density at radius 3 is 2.43 bits per heavy atom. The van der Waals surface area contributed by atoms with Crippen molar-refractivity contribution in [3.8, 4) is 17.0 Å². The van der Waals surface area contributed by atoms with E-state index in [1.54, 1.807) is 22.9 Å². The Bertz CT molecular complexity index is 1090. The molecule has 0 saturated carbocycles. The lowest BCUT2D eigenvalue weighted by Crippen LogP contribution is -2.08. The van der Waals surface area contributed by atoms with Gasteiger partial charge in [0.2, 0.25) is 0 Å². The number of carbonyl (C=O) groups is 3. The lowest BCUT2D eigenvalue weighted by Gasteiger charge is -2.02. The number of aromatic nitrogens is 2.